The van der Waals surface area contributed by atoms with Gasteiger partial charge in [-0.2, -0.15) is 0 Å². The quantitative estimate of drug-likeness (QED) is 0.442. The topological polar surface area (TPSA) is 122 Å². The highest BCUT2D eigenvalue weighted by Crippen LogP contribution is 2.39. The first kappa shape index (κ1) is 24.2. The average molecular weight is 508 g/mol. The van der Waals surface area contributed by atoms with Gasteiger partial charge in [0, 0.05) is 33.1 Å². The van der Waals surface area contributed by atoms with Crippen LogP contribution < -0.4 is 21.6 Å². The van der Waals surface area contributed by atoms with Crippen LogP contribution in [0.2, 0.25) is 10.0 Å². The van der Waals surface area contributed by atoms with Crippen LogP contribution in [0, 0.1) is 6.92 Å². The Kier molecular flexibility index (Phi) is 6.47. The van der Waals surface area contributed by atoms with Gasteiger partial charge in [0.15, 0.2) is 0 Å². The number of hydrogen-bond acceptors (Lipinski definition) is 4. The number of aryl methyl sites for hydroxylation is 1. The van der Waals surface area contributed by atoms with E-state index in [1.807, 2.05) is 19.1 Å². The molecule has 2 amide bonds. The van der Waals surface area contributed by atoms with E-state index in [0.29, 0.717) is 16.5 Å². The molecule has 3 aromatic rings. The average Bonchev–Trinajstić information content (AvgIpc) is 3.13. The number of fused-ring (bicyclic) bond motifs is 1. The second-order valence-electron chi connectivity index (χ2n) is 7.96. The Morgan fingerprint density at radius 1 is 1.06 bits per heavy atom. The lowest BCUT2D eigenvalue weighted by molar-refractivity contribution is -0.141. The fourth-order valence-corrected chi connectivity index (χ4v) is 4.53. The number of nitrogens with one attached hydrogen (secondary N) is 1. The summed E-state index contributed by atoms with van der Waals surface area (Å²) in [5.41, 5.74) is 5.52. The molecule has 0 fully saturated rings. The molecule has 0 spiro atoms. The van der Waals surface area contributed by atoms with E-state index in [1.165, 1.54) is 24.3 Å². The van der Waals surface area contributed by atoms with E-state index in [-0.39, 0.29) is 32.4 Å². The first-order valence-corrected chi connectivity index (χ1v) is 11.2. The number of nitrogens with two attached hydrogens (primary N) is 1. The molecule has 0 aromatic heterocycles. The summed E-state index contributed by atoms with van der Waals surface area (Å²) >= 11 is 12.6. The minimum Gasteiger partial charge on any atom is -0.479 e. The molecule has 0 aliphatic carbocycles. The van der Waals surface area contributed by atoms with Gasteiger partial charge >= 0.3 is 5.97 Å². The van der Waals surface area contributed by atoms with Gasteiger partial charge in [-0.3, -0.25) is 14.6 Å². The number of halogens is 2. The molecule has 7 nitrogen and oxygen atoms in total. The molecule has 1 aliphatic rings. The summed E-state index contributed by atoms with van der Waals surface area (Å²) in [5, 5.41) is 14.2. The van der Waals surface area contributed by atoms with Crippen molar-refractivity contribution in [1.29, 1.82) is 0 Å². The summed E-state index contributed by atoms with van der Waals surface area (Å²) in [4.78, 5) is 41.5. The molecule has 0 saturated carbocycles. The smallest absolute Gasteiger partial charge is 0.341 e. The number of amides is 2. The van der Waals surface area contributed by atoms with Crippen LogP contribution in [0.3, 0.4) is 0 Å². The van der Waals surface area contributed by atoms with Crippen molar-refractivity contribution < 1.29 is 19.5 Å². The van der Waals surface area contributed by atoms with Crippen LogP contribution in [0.25, 0.3) is 5.57 Å². The van der Waals surface area contributed by atoms with Gasteiger partial charge in [-0.05, 0) is 55.0 Å². The van der Waals surface area contributed by atoms with E-state index in [2.05, 4.69) is 10.3 Å². The molecule has 1 unspecified atom stereocenters. The Morgan fingerprint density at radius 2 is 1.77 bits per heavy atom. The van der Waals surface area contributed by atoms with Gasteiger partial charge in [0.05, 0.1) is 10.4 Å². The van der Waals surface area contributed by atoms with Gasteiger partial charge < -0.3 is 16.2 Å². The van der Waals surface area contributed by atoms with E-state index in [1.54, 1.807) is 30.3 Å². The molecule has 0 saturated heterocycles. The van der Waals surface area contributed by atoms with Crippen LogP contribution in [0.5, 0.6) is 0 Å². The van der Waals surface area contributed by atoms with E-state index < -0.39 is 17.4 Å². The van der Waals surface area contributed by atoms with E-state index >= 15 is 0 Å². The maximum absolute atomic E-state index is 12.8. The number of rotatable bonds is 6. The van der Waals surface area contributed by atoms with Gasteiger partial charge in [0.2, 0.25) is 11.4 Å². The van der Waals surface area contributed by atoms with Gasteiger partial charge in [0.25, 0.3) is 5.91 Å². The summed E-state index contributed by atoms with van der Waals surface area (Å²) in [6.07, 6.45) is 2.34. The molecule has 1 atom stereocenters. The summed E-state index contributed by atoms with van der Waals surface area (Å²) in [7, 11) is 0. The van der Waals surface area contributed by atoms with Crippen LogP contribution in [0.15, 0.2) is 77.8 Å². The number of primary amides is 1. The standard InChI is InChI=1S/C26H19Cl2N3O4/c1-14-5-7-15(8-6-14)24(33)30-18-4-2-3-16(11-18)26(25(34)35)19(9-10-22(29)32)23-20(28)12-17(27)13-21(23)31-26/h2-13H,1H3,(H2,29,32)(H,30,33)(H,34,35). The van der Waals surface area contributed by atoms with Crippen LogP contribution in [0.4, 0.5) is 5.69 Å². The number of hydrogen-bond donors (Lipinski definition) is 3. The van der Waals surface area contributed by atoms with Crippen molar-refractivity contribution in [2.24, 2.45) is 10.7 Å². The number of anilines is 1. The predicted octanol–water partition coefficient (Wildman–Crippen LogP) is 3.36. The zero-order valence-electron chi connectivity index (χ0n) is 18.4. The zero-order valence-corrected chi connectivity index (χ0v) is 19.9. The van der Waals surface area contributed by atoms with Crippen molar-refractivity contribution in [2.45, 2.75) is 12.5 Å². The third-order valence-corrected chi connectivity index (χ3v) is 6.07. The highest BCUT2D eigenvalue weighted by atomic mass is 35.5. The second-order valence-corrected chi connectivity index (χ2v) is 8.80. The Morgan fingerprint density at radius 3 is 2.43 bits per heavy atom. The normalized spacial score (nSPS) is 16.6. The molecule has 0 bridgehead atoms. The zero-order chi connectivity index (χ0) is 25.3. The minimum absolute atomic E-state index is 0.141. The molecule has 0 radical (unpaired) electrons. The van der Waals surface area contributed by atoms with Crippen molar-refractivity contribution in [3.8, 4) is 0 Å². The Labute approximate surface area is 210 Å². The molecule has 35 heavy (non-hydrogen) atoms. The lowest BCUT2D eigenvalue weighted by Crippen LogP contribution is -2.35. The van der Waals surface area contributed by atoms with Crippen LogP contribution in [0.1, 0.15) is 21.5 Å². The number of carbonyl (C=O) groups is 3. The number of aliphatic carboxylic acids is 1. The molecule has 4 N–H and O–H groups in total. The minimum atomic E-state index is -1.97. The Hall–Kier alpha value is -3.94. The molecular weight excluding hydrogens is 489 g/mol. The Bertz CT molecular complexity index is 1530. The number of carboxylic acids is 1. The Balaban J connectivity index is 1.87. The van der Waals surface area contributed by atoms with Crippen LogP contribution >= 0.6 is 23.2 Å². The lowest BCUT2D eigenvalue weighted by Gasteiger charge is -2.25. The van der Waals surface area contributed by atoms with Crippen molar-refractivity contribution in [1.82, 2.24) is 0 Å². The summed E-state index contributed by atoms with van der Waals surface area (Å²) in [6, 6.07) is 16.3. The maximum atomic E-state index is 12.8. The molecule has 3 aromatic carbocycles. The van der Waals surface area contributed by atoms with Crippen LogP contribution in [-0.2, 0) is 15.1 Å². The van der Waals surface area contributed by atoms with Gasteiger partial charge in [0.1, 0.15) is 0 Å². The van der Waals surface area contributed by atoms with E-state index in [0.717, 1.165) is 11.6 Å². The number of carbonyl (C=O) groups excluding carboxylic acids is 2. The van der Waals surface area contributed by atoms with Crippen molar-refractivity contribution >= 4 is 52.2 Å². The molecular formula is C26H19Cl2N3O4. The van der Waals surface area contributed by atoms with Crippen LogP contribution in [-0.4, -0.2) is 22.9 Å². The SMILES string of the molecule is Cc1ccc(C(=O)Nc2cccc(C3(C(=O)O)N=c4cc(Cl)cc(Cl)c4=C3C=CC(N)=O)c2)cc1. The largest absolute Gasteiger partial charge is 0.479 e. The predicted molar refractivity (Wildman–Crippen MR) is 134 cm³/mol. The molecule has 176 valence electrons. The van der Waals surface area contributed by atoms with Crippen molar-refractivity contribution in [3.05, 3.63) is 110 Å². The number of carboxylic acid groups (broad SMARTS) is 1. The number of benzene rings is 3. The number of nitrogens with zero attached hydrogens (tertiary/aromatic N) is 1. The fraction of sp³-hybridized carbons (Fsp3) is 0.0769. The summed E-state index contributed by atoms with van der Waals surface area (Å²) in [6.45, 7) is 1.92. The van der Waals surface area contributed by atoms with E-state index in [4.69, 9.17) is 28.9 Å². The molecule has 9 heteroatoms. The first-order valence-electron chi connectivity index (χ1n) is 10.4. The molecule has 1 heterocycles. The maximum Gasteiger partial charge on any atom is 0.341 e. The highest BCUT2D eigenvalue weighted by molar-refractivity contribution is 6.34. The van der Waals surface area contributed by atoms with Crippen molar-refractivity contribution in [2.75, 3.05) is 5.32 Å². The van der Waals surface area contributed by atoms with E-state index in [9.17, 15) is 19.5 Å². The van der Waals surface area contributed by atoms with Gasteiger partial charge in [-0.1, -0.05) is 53.0 Å². The van der Waals surface area contributed by atoms with Gasteiger partial charge in [-0.15, -0.1) is 0 Å². The molecule has 4 rings (SSSR count). The monoisotopic (exact) mass is 507 g/mol. The summed E-state index contributed by atoms with van der Waals surface area (Å²) < 4.78 is 0. The highest BCUT2D eigenvalue weighted by Gasteiger charge is 2.46. The lowest BCUT2D eigenvalue weighted by atomic mass is 9.82. The van der Waals surface area contributed by atoms with Crippen molar-refractivity contribution in [3.63, 3.8) is 0 Å². The molecule has 1 aliphatic heterocycles. The van der Waals surface area contributed by atoms with Gasteiger partial charge in [-0.25, -0.2) is 4.79 Å². The second kappa shape index (κ2) is 9.37. The third kappa shape index (κ3) is 4.56. The first-order chi connectivity index (χ1) is 16.6. The summed E-state index contributed by atoms with van der Waals surface area (Å²) in [5.74, 6) is -2.44. The fourth-order valence-electron chi connectivity index (χ4n) is 3.94. The third-order valence-electron chi connectivity index (χ3n) is 5.56.